The van der Waals surface area contributed by atoms with E-state index in [1.807, 2.05) is 49.4 Å². The molecule has 1 fully saturated rings. The second-order valence-electron chi connectivity index (χ2n) is 9.06. The average Bonchev–Trinajstić information content (AvgIpc) is 2.81. The highest BCUT2D eigenvalue weighted by Crippen LogP contribution is 2.44. The SMILES string of the molecule is CCN(CC)CC1CN(C)C(C)CC1(OC(=O)/C(C)=C/c1ccccc1)c1ccccc1.Cl.Cl. The van der Waals surface area contributed by atoms with Gasteiger partial charge in [0.05, 0.1) is 0 Å². The minimum absolute atomic E-state index is 0. The fourth-order valence-electron chi connectivity index (χ4n) is 4.80. The summed E-state index contributed by atoms with van der Waals surface area (Å²) in [6, 6.07) is 20.6. The number of benzene rings is 2. The molecule has 1 saturated heterocycles. The number of halogens is 2. The van der Waals surface area contributed by atoms with Crippen molar-refractivity contribution in [1.29, 1.82) is 0 Å². The zero-order chi connectivity index (χ0) is 23.1. The molecular formula is C28H40Cl2N2O2. The molecule has 6 heteroatoms. The van der Waals surface area contributed by atoms with Crippen molar-refractivity contribution in [1.82, 2.24) is 9.80 Å². The predicted octanol–water partition coefficient (Wildman–Crippen LogP) is 6.05. The molecule has 4 nitrogen and oxygen atoms in total. The van der Waals surface area contributed by atoms with E-state index in [4.69, 9.17) is 4.74 Å². The van der Waals surface area contributed by atoms with Gasteiger partial charge in [0.15, 0.2) is 0 Å². The summed E-state index contributed by atoms with van der Waals surface area (Å²) in [6.07, 6.45) is 2.70. The molecule has 2 aromatic carbocycles. The molecular weight excluding hydrogens is 467 g/mol. The van der Waals surface area contributed by atoms with Crippen LogP contribution in [0.25, 0.3) is 6.08 Å². The molecule has 3 rings (SSSR count). The summed E-state index contributed by atoms with van der Waals surface area (Å²) in [5.74, 6) is -0.0570. The number of hydrogen-bond donors (Lipinski definition) is 0. The summed E-state index contributed by atoms with van der Waals surface area (Å²) in [4.78, 5) is 18.3. The molecule has 3 atom stereocenters. The molecule has 2 aromatic rings. The third-order valence-corrected chi connectivity index (χ3v) is 6.93. The quantitative estimate of drug-likeness (QED) is 0.322. The van der Waals surface area contributed by atoms with Gasteiger partial charge in [-0.05, 0) is 51.2 Å². The Labute approximate surface area is 218 Å². The topological polar surface area (TPSA) is 32.8 Å². The van der Waals surface area contributed by atoms with Gasteiger partial charge in [0.25, 0.3) is 0 Å². The standard InChI is InChI=1S/C28H38N2O2.2ClH/c1-6-30(7-2)21-26-20-29(5)23(4)19-28(26,25-16-12-9-13-17-25)32-27(31)22(3)18-24-14-10-8-11-15-24;;/h8-18,23,26H,6-7,19-21H2,1-5H3;2*1H/b22-18+;;. The lowest BCUT2D eigenvalue weighted by atomic mass is 9.73. The van der Waals surface area contributed by atoms with Gasteiger partial charge in [-0.1, -0.05) is 74.5 Å². The lowest BCUT2D eigenvalue weighted by Gasteiger charge is -2.50. The van der Waals surface area contributed by atoms with Crippen LogP contribution in [-0.4, -0.2) is 55.0 Å². The number of hydrogen-bond acceptors (Lipinski definition) is 4. The van der Waals surface area contributed by atoms with Gasteiger partial charge in [0.2, 0.25) is 0 Å². The van der Waals surface area contributed by atoms with Crippen molar-refractivity contribution in [2.24, 2.45) is 5.92 Å². The van der Waals surface area contributed by atoms with Crippen molar-refractivity contribution >= 4 is 36.9 Å². The Morgan fingerprint density at radius 3 is 2.18 bits per heavy atom. The summed E-state index contributed by atoms with van der Waals surface area (Å²) in [6.45, 7) is 12.2. The normalized spacial score (nSPS) is 23.1. The Bertz CT molecular complexity index is 903. The average molecular weight is 508 g/mol. The summed E-state index contributed by atoms with van der Waals surface area (Å²) in [7, 11) is 2.18. The van der Waals surface area contributed by atoms with E-state index in [0.29, 0.717) is 11.6 Å². The maximum atomic E-state index is 13.4. The number of rotatable bonds is 8. The lowest BCUT2D eigenvalue weighted by molar-refractivity contribution is -0.176. The number of nitrogens with zero attached hydrogens (tertiary/aromatic N) is 2. The molecule has 0 amide bonds. The van der Waals surface area contributed by atoms with Gasteiger partial charge < -0.3 is 14.5 Å². The lowest BCUT2D eigenvalue weighted by Crippen LogP contribution is -2.57. The van der Waals surface area contributed by atoms with E-state index in [1.165, 1.54) is 0 Å². The van der Waals surface area contributed by atoms with Crippen LogP contribution >= 0.6 is 24.8 Å². The maximum absolute atomic E-state index is 13.4. The number of likely N-dealkylation sites (tertiary alicyclic amines) is 1. The summed E-state index contributed by atoms with van der Waals surface area (Å²) in [5.41, 5.74) is 2.07. The number of carbonyl (C=O) groups excluding carboxylic acids is 1. The minimum atomic E-state index is -0.654. The van der Waals surface area contributed by atoms with Crippen molar-refractivity contribution in [2.45, 2.75) is 45.8 Å². The fourth-order valence-corrected chi connectivity index (χ4v) is 4.80. The van der Waals surface area contributed by atoms with Crippen molar-refractivity contribution in [2.75, 3.05) is 33.2 Å². The summed E-state index contributed by atoms with van der Waals surface area (Å²) in [5, 5.41) is 0. The van der Waals surface area contributed by atoms with Gasteiger partial charge in [-0.3, -0.25) is 0 Å². The first-order valence-electron chi connectivity index (χ1n) is 11.8. The second kappa shape index (κ2) is 13.9. The van der Waals surface area contributed by atoms with Crippen LogP contribution < -0.4 is 0 Å². The van der Waals surface area contributed by atoms with Crippen LogP contribution in [0.5, 0.6) is 0 Å². The number of ether oxygens (including phenoxy) is 1. The van der Waals surface area contributed by atoms with Crippen LogP contribution in [0.1, 0.15) is 45.2 Å². The monoisotopic (exact) mass is 506 g/mol. The van der Waals surface area contributed by atoms with E-state index >= 15 is 0 Å². The molecule has 188 valence electrons. The number of esters is 1. The van der Waals surface area contributed by atoms with Crippen LogP contribution in [0, 0.1) is 5.92 Å². The summed E-state index contributed by atoms with van der Waals surface area (Å²) >= 11 is 0. The highest BCUT2D eigenvalue weighted by molar-refractivity contribution is 5.93. The molecule has 0 bridgehead atoms. The molecule has 0 saturated carbocycles. The van der Waals surface area contributed by atoms with Gasteiger partial charge in [0.1, 0.15) is 5.60 Å². The van der Waals surface area contributed by atoms with E-state index in [2.05, 4.69) is 61.9 Å². The first kappa shape index (κ1) is 30.2. The van der Waals surface area contributed by atoms with E-state index in [1.54, 1.807) is 0 Å². The number of piperidine rings is 1. The number of carbonyl (C=O) groups is 1. The molecule has 34 heavy (non-hydrogen) atoms. The fraction of sp³-hybridized carbons (Fsp3) is 0.464. The molecule has 1 heterocycles. The van der Waals surface area contributed by atoms with Crippen molar-refractivity contribution in [3.63, 3.8) is 0 Å². The van der Waals surface area contributed by atoms with Gasteiger partial charge in [0, 0.05) is 37.0 Å². The Hall–Kier alpha value is -1.85. The predicted molar refractivity (Wildman–Crippen MR) is 147 cm³/mol. The third kappa shape index (κ3) is 7.08. The van der Waals surface area contributed by atoms with Gasteiger partial charge in [-0.2, -0.15) is 0 Å². The third-order valence-electron chi connectivity index (χ3n) is 6.93. The first-order chi connectivity index (χ1) is 15.4. The van der Waals surface area contributed by atoms with Crippen molar-refractivity contribution in [3.05, 3.63) is 77.4 Å². The van der Waals surface area contributed by atoms with E-state index in [-0.39, 0.29) is 36.7 Å². The molecule has 1 aliphatic heterocycles. The minimum Gasteiger partial charge on any atom is -0.450 e. The van der Waals surface area contributed by atoms with Gasteiger partial charge in [-0.15, -0.1) is 24.8 Å². The summed E-state index contributed by atoms with van der Waals surface area (Å²) < 4.78 is 6.56. The maximum Gasteiger partial charge on any atom is 0.334 e. The van der Waals surface area contributed by atoms with Gasteiger partial charge >= 0.3 is 5.97 Å². The zero-order valence-corrected chi connectivity index (χ0v) is 22.7. The highest BCUT2D eigenvalue weighted by atomic mass is 35.5. The first-order valence-corrected chi connectivity index (χ1v) is 11.8. The largest absolute Gasteiger partial charge is 0.450 e. The Morgan fingerprint density at radius 2 is 1.62 bits per heavy atom. The van der Waals surface area contributed by atoms with Crippen molar-refractivity contribution < 1.29 is 9.53 Å². The molecule has 3 unspecified atom stereocenters. The van der Waals surface area contributed by atoms with Gasteiger partial charge in [-0.25, -0.2) is 4.79 Å². The van der Waals surface area contributed by atoms with Crippen LogP contribution in [0.15, 0.2) is 66.2 Å². The molecule has 0 aromatic heterocycles. The molecule has 0 aliphatic carbocycles. The Balaban J connectivity index is 0.00000289. The van der Waals surface area contributed by atoms with Crippen LogP contribution in [0.4, 0.5) is 0 Å². The van der Waals surface area contributed by atoms with Crippen LogP contribution in [-0.2, 0) is 15.1 Å². The molecule has 0 spiro atoms. The second-order valence-corrected chi connectivity index (χ2v) is 9.06. The zero-order valence-electron chi connectivity index (χ0n) is 21.1. The van der Waals surface area contributed by atoms with Crippen LogP contribution in [0.2, 0.25) is 0 Å². The van der Waals surface area contributed by atoms with Crippen molar-refractivity contribution in [3.8, 4) is 0 Å². The van der Waals surface area contributed by atoms with E-state index in [0.717, 1.165) is 43.7 Å². The smallest absolute Gasteiger partial charge is 0.334 e. The highest BCUT2D eigenvalue weighted by Gasteiger charge is 2.49. The Kier molecular flexibility index (Phi) is 12.3. The molecule has 0 radical (unpaired) electrons. The Morgan fingerprint density at radius 1 is 1.06 bits per heavy atom. The van der Waals surface area contributed by atoms with E-state index < -0.39 is 5.60 Å². The molecule has 0 N–H and O–H groups in total. The molecule has 1 aliphatic rings. The van der Waals surface area contributed by atoms with E-state index in [9.17, 15) is 4.79 Å². The van der Waals surface area contributed by atoms with Crippen LogP contribution in [0.3, 0.4) is 0 Å².